The van der Waals surface area contributed by atoms with Gasteiger partial charge in [-0.1, -0.05) is 0 Å². The highest BCUT2D eigenvalue weighted by atomic mass is 32.1. The van der Waals surface area contributed by atoms with Crippen LogP contribution in [0.3, 0.4) is 0 Å². The molecule has 0 radical (unpaired) electrons. The molecule has 0 spiro atoms. The van der Waals surface area contributed by atoms with Crippen LogP contribution in [0.5, 0.6) is 0 Å². The lowest BCUT2D eigenvalue weighted by Gasteiger charge is -2.17. The number of thiophene rings is 1. The summed E-state index contributed by atoms with van der Waals surface area (Å²) in [7, 11) is 1.53. The maximum Gasteiger partial charge on any atom is 0.254 e. The molecule has 0 N–H and O–H groups in total. The van der Waals surface area contributed by atoms with E-state index in [1.807, 2.05) is 18.4 Å². The molecule has 0 fully saturated rings. The van der Waals surface area contributed by atoms with Gasteiger partial charge in [0, 0.05) is 17.5 Å². The van der Waals surface area contributed by atoms with E-state index in [0.29, 0.717) is 18.7 Å². The molecule has 0 unspecified atom stereocenters. The molecule has 1 aromatic heterocycles. The Hall–Kier alpha value is -1.82. The zero-order chi connectivity index (χ0) is 14.9. The van der Waals surface area contributed by atoms with E-state index in [1.54, 1.807) is 0 Å². The van der Waals surface area contributed by atoms with E-state index in [9.17, 15) is 18.0 Å². The fraction of sp³-hybridized carbons (Fsp3) is 0.214. The summed E-state index contributed by atoms with van der Waals surface area (Å²) in [5.41, 5.74) is 0.837. The Morgan fingerprint density at radius 1 is 1.25 bits per heavy atom. The number of carbonyl (C=O) groups excluding carboxylic acids is 1. The minimum Gasteiger partial charge on any atom is -0.337 e. The first-order chi connectivity index (χ1) is 9.40. The number of aryl methyl sites for hydroxylation is 1. The molecule has 106 valence electrons. The van der Waals surface area contributed by atoms with Crippen LogP contribution < -0.4 is 0 Å². The van der Waals surface area contributed by atoms with Crippen molar-refractivity contribution >= 4 is 17.2 Å². The van der Waals surface area contributed by atoms with E-state index < -0.39 is 23.4 Å². The average Bonchev–Trinajstić information content (AvgIpc) is 2.80. The highest BCUT2D eigenvalue weighted by Gasteiger charge is 2.18. The van der Waals surface area contributed by atoms with Crippen LogP contribution in [0.2, 0.25) is 0 Å². The number of benzene rings is 1. The third-order valence-corrected chi connectivity index (χ3v) is 3.93. The van der Waals surface area contributed by atoms with Crippen molar-refractivity contribution in [2.75, 3.05) is 7.05 Å². The van der Waals surface area contributed by atoms with Crippen molar-refractivity contribution in [2.24, 2.45) is 0 Å². The number of hydrogen-bond acceptors (Lipinski definition) is 2. The molecule has 0 aliphatic rings. The molecule has 0 bridgehead atoms. The summed E-state index contributed by atoms with van der Waals surface area (Å²) in [6, 6.07) is 3.34. The van der Waals surface area contributed by atoms with Gasteiger partial charge in [-0.25, -0.2) is 13.2 Å². The Labute approximate surface area is 118 Å². The second-order valence-corrected chi connectivity index (χ2v) is 5.44. The van der Waals surface area contributed by atoms with E-state index in [2.05, 4.69) is 0 Å². The lowest BCUT2D eigenvalue weighted by atomic mass is 10.1. The van der Waals surface area contributed by atoms with Gasteiger partial charge in [-0.05, 0) is 36.1 Å². The summed E-state index contributed by atoms with van der Waals surface area (Å²) < 4.78 is 39.1. The lowest BCUT2D eigenvalue weighted by Crippen LogP contribution is -2.26. The lowest BCUT2D eigenvalue weighted by molar-refractivity contribution is 0.0785. The van der Waals surface area contributed by atoms with E-state index in [0.717, 1.165) is 10.4 Å². The number of amides is 1. The Morgan fingerprint density at radius 3 is 2.35 bits per heavy atom. The SMILES string of the molecule is Cc1ccsc1CN(C)C(=O)c1cc(F)c(F)c(F)c1. The van der Waals surface area contributed by atoms with Crippen molar-refractivity contribution in [1.82, 2.24) is 4.90 Å². The molecular formula is C14H12F3NOS. The van der Waals surface area contributed by atoms with E-state index >= 15 is 0 Å². The fourth-order valence-electron chi connectivity index (χ4n) is 1.75. The van der Waals surface area contributed by atoms with Gasteiger partial charge < -0.3 is 4.90 Å². The molecule has 0 aliphatic carbocycles. The Bertz CT molecular complexity index is 631. The van der Waals surface area contributed by atoms with Crippen LogP contribution in [0, 0.1) is 24.4 Å². The third kappa shape index (κ3) is 2.85. The molecule has 0 saturated heterocycles. The number of halogens is 3. The summed E-state index contributed by atoms with van der Waals surface area (Å²) in [4.78, 5) is 14.4. The maximum atomic E-state index is 13.1. The molecule has 0 atom stereocenters. The topological polar surface area (TPSA) is 20.3 Å². The molecule has 1 heterocycles. The van der Waals surface area contributed by atoms with Crippen molar-refractivity contribution in [2.45, 2.75) is 13.5 Å². The summed E-state index contributed by atoms with van der Waals surface area (Å²) in [5.74, 6) is -4.86. The van der Waals surface area contributed by atoms with Crippen LogP contribution in [-0.4, -0.2) is 17.9 Å². The van der Waals surface area contributed by atoms with Crippen LogP contribution in [0.15, 0.2) is 23.6 Å². The molecule has 0 aliphatic heterocycles. The standard InChI is InChI=1S/C14H12F3NOS/c1-8-3-4-20-12(8)7-18(2)14(19)9-5-10(15)13(17)11(16)6-9/h3-6H,7H2,1-2H3. The van der Waals surface area contributed by atoms with Gasteiger partial charge in [0.25, 0.3) is 5.91 Å². The summed E-state index contributed by atoms with van der Waals surface area (Å²) in [5, 5.41) is 1.90. The van der Waals surface area contributed by atoms with Gasteiger partial charge in [-0.15, -0.1) is 11.3 Å². The van der Waals surface area contributed by atoms with Crippen molar-refractivity contribution in [1.29, 1.82) is 0 Å². The highest BCUT2D eigenvalue weighted by molar-refractivity contribution is 7.10. The molecular weight excluding hydrogens is 287 g/mol. The third-order valence-electron chi connectivity index (χ3n) is 2.93. The van der Waals surface area contributed by atoms with Gasteiger partial charge in [0.2, 0.25) is 0 Å². The Balaban J connectivity index is 2.21. The zero-order valence-corrected chi connectivity index (χ0v) is 11.7. The molecule has 0 saturated carbocycles. The highest BCUT2D eigenvalue weighted by Crippen LogP contribution is 2.19. The van der Waals surface area contributed by atoms with Crippen LogP contribution >= 0.6 is 11.3 Å². The van der Waals surface area contributed by atoms with Gasteiger partial charge in [0.1, 0.15) is 0 Å². The number of hydrogen-bond donors (Lipinski definition) is 0. The number of nitrogens with zero attached hydrogens (tertiary/aromatic N) is 1. The first-order valence-electron chi connectivity index (χ1n) is 5.83. The molecule has 2 rings (SSSR count). The predicted molar refractivity (Wildman–Crippen MR) is 71.2 cm³/mol. The first-order valence-corrected chi connectivity index (χ1v) is 6.71. The van der Waals surface area contributed by atoms with Gasteiger partial charge in [-0.3, -0.25) is 4.79 Å². The van der Waals surface area contributed by atoms with Gasteiger partial charge in [0.15, 0.2) is 17.5 Å². The van der Waals surface area contributed by atoms with Gasteiger partial charge in [-0.2, -0.15) is 0 Å². The Kier molecular flexibility index (Phi) is 4.13. The summed E-state index contributed by atoms with van der Waals surface area (Å²) in [6.45, 7) is 2.25. The second kappa shape index (κ2) is 5.66. The minimum absolute atomic E-state index is 0.210. The molecule has 20 heavy (non-hydrogen) atoms. The zero-order valence-electron chi connectivity index (χ0n) is 10.9. The maximum absolute atomic E-state index is 13.1. The summed E-state index contributed by atoms with van der Waals surface area (Å²) >= 11 is 1.50. The van der Waals surface area contributed by atoms with E-state index in [-0.39, 0.29) is 5.56 Å². The monoisotopic (exact) mass is 299 g/mol. The van der Waals surface area contributed by atoms with Crippen molar-refractivity contribution in [3.63, 3.8) is 0 Å². The molecule has 2 nitrogen and oxygen atoms in total. The molecule has 1 amide bonds. The number of carbonyl (C=O) groups is 1. The predicted octanol–water partition coefficient (Wildman–Crippen LogP) is 3.75. The molecule has 1 aromatic carbocycles. The van der Waals surface area contributed by atoms with E-state index in [4.69, 9.17) is 0 Å². The van der Waals surface area contributed by atoms with E-state index in [1.165, 1.54) is 23.3 Å². The normalized spacial score (nSPS) is 10.7. The van der Waals surface area contributed by atoms with Gasteiger partial charge >= 0.3 is 0 Å². The summed E-state index contributed by atoms with van der Waals surface area (Å²) in [6.07, 6.45) is 0. The molecule has 6 heteroatoms. The minimum atomic E-state index is -1.57. The smallest absolute Gasteiger partial charge is 0.254 e. The first kappa shape index (κ1) is 14.6. The van der Waals surface area contributed by atoms with Crippen LogP contribution in [-0.2, 0) is 6.54 Å². The van der Waals surface area contributed by atoms with Gasteiger partial charge in [0.05, 0.1) is 6.54 Å². The quantitative estimate of drug-likeness (QED) is 0.791. The van der Waals surface area contributed by atoms with Crippen molar-refractivity contribution in [3.05, 3.63) is 57.0 Å². The Morgan fingerprint density at radius 2 is 1.85 bits per heavy atom. The van der Waals surface area contributed by atoms with Crippen LogP contribution in [0.4, 0.5) is 13.2 Å². The number of rotatable bonds is 3. The average molecular weight is 299 g/mol. The van der Waals surface area contributed by atoms with Crippen LogP contribution in [0.1, 0.15) is 20.8 Å². The molecule has 2 aromatic rings. The second-order valence-electron chi connectivity index (χ2n) is 4.44. The van der Waals surface area contributed by atoms with Crippen molar-refractivity contribution in [3.8, 4) is 0 Å². The largest absolute Gasteiger partial charge is 0.337 e. The fourth-order valence-corrected chi connectivity index (χ4v) is 2.71. The van der Waals surface area contributed by atoms with Crippen molar-refractivity contribution < 1.29 is 18.0 Å². The van der Waals surface area contributed by atoms with Crippen LogP contribution in [0.25, 0.3) is 0 Å².